The van der Waals surface area contributed by atoms with Gasteiger partial charge in [-0.1, -0.05) is 0 Å². The summed E-state index contributed by atoms with van der Waals surface area (Å²) >= 11 is 7.12. The first-order valence-electron chi connectivity index (χ1n) is 5.68. The van der Waals surface area contributed by atoms with Gasteiger partial charge in [0.25, 0.3) is 0 Å². The molecular weight excluding hydrogens is 259 g/mol. The summed E-state index contributed by atoms with van der Waals surface area (Å²) in [5, 5.41) is 6.44. The quantitative estimate of drug-likeness (QED) is 0.655. The summed E-state index contributed by atoms with van der Waals surface area (Å²) in [5.74, 6) is 1.30. The number of thioether (sulfide) groups is 1. The first kappa shape index (κ1) is 14.8. The van der Waals surface area contributed by atoms with Crippen LogP contribution in [0.25, 0.3) is 0 Å². The molecule has 0 radical (unpaired) electrons. The van der Waals surface area contributed by atoms with E-state index >= 15 is 0 Å². The van der Waals surface area contributed by atoms with Gasteiger partial charge in [-0.15, -0.1) is 23.4 Å². The van der Waals surface area contributed by atoms with E-state index < -0.39 is 0 Å². The Kier molecular flexibility index (Phi) is 8.44. The van der Waals surface area contributed by atoms with Crippen molar-refractivity contribution in [2.75, 3.05) is 37.8 Å². The van der Waals surface area contributed by atoms with Gasteiger partial charge < -0.3 is 10.6 Å². The SMILES string of the molecule is C1CNCCN1.Fc1ccc(SCCCl)cc1. The normalized spacial score (nSPS) is 14.9. The molecule has 1 saturated heterocycles. The Morgan fingerprint density at radius 2 is 1.59 bits per heavy atom. The van der Waals surface area contributed by atoms with E-state index in [1.54, 1.807) is 23.9 Å². The Balaban J connectivity index is 0.000000202. The minimum atomic E-state index is -0.194. The van der Waals surface area contributed by atoms with Crippen molar-refractivity contribution < 1.29 is 4.39 Å². The van der Waals surface area contributed by atoms with Crippen LogP contribution in [0.15, 0.2) is 29.2 Å². The summed E-state index contributed by atoms with van der Waals surface area (Å²) in [4.78, 5) is 1.06. The first-order chi connectivity index (χ1) is 8.33. The molecule has 2 rings (SSSR count). The van der Waals surface area contributed by atoms with Gasteiger partial charge in [0, 0.05) is 42.7 Å². The fourth-order valence-electron chi connectivity index (χ4n) is 1.29. The molecule has 0 atom stereocenters. The van der Waals surface area contributed by atoms with E-state index in [4.69, 9.17) is 11.6 Å². The van der Waals surface area contributed by atoms with Crippen LogP contribution in [-0.2, 0) is 0 Å². The number of hydrogen-bond acceptors (Lipinski definition) is 3. The van der Waals surface area contributed by atoms with Crippen LogP contribution in [0.1, 0.15) is 0 Å². The van der Waals surface area contributed by atoms with E-state index in [0.717, 1.165) is 36.8 Å². The second-order valence-electron chi connectivity index (χ2n) is 3.49. The lowest BCUT2D eigenvalue weighted by Gasteiger charge is -2.11. The molecule has 1 aliphatic rings. The Hall–Kier alpha value is -0.290. The van der Waals surface area contributed by atoms with Crippen LogP contribution in [0.4, 0.5) is 4.39 Å². The lowest BCUT2D eigenvalue weighted by Crippen LogP contribution is -2.39. The lowest BCUT2D eigenvalue weighted by molar-refractivity contribution is 0.534. The maximum atomic E-state index is 12.4. The van der Waals surface area contributed by atoms with Gasteiger partial charge in [0.2, 0.25) is 0 Å². The lowest BCUT2D eigenvalue weighted by atomic mass is 10.4. The third-order valence-electron chi connectivity index (χ3n) is 2.12. The molecule has 0 aromatic heterocycles. The van der Waals surface area contributed by atoms with Crippen molar-refractivity contribution in [2.45, 2.75) is 4.90 Å². The van der Waals surface area contributed by atoms with E-state index in [1.807, 2.05) is 0 Å². The smallest absolute Gasteiger partial charge is 0.123 e. The monoisotopic (exact) mass is 276 g/mol. The van der Waals surface area contributed by atoms with E-state index in [9.17, 15) is 4.39 Å². The molecule has 1 aromatic carbocycles. The van der Waals surface area contributed by atoms with Crippen LogP contribution in [0, 0.1) is 5.82 Å². The van der Waals surface area contributed by atoms with E-state index in [0.29, 0.717) is 5.88 Å². The van der Waals surface area contributed by atoms with Gasteiger partial charge in [0.15, 0.2) is 0 Å². The largest absolute Gasteiger partial charge is 0.314 e. The van der Waals surface area contributed by atoms with Gasteiger partial charge in [-0.05, 0) is 24.3 Å². The zero-order valence-electron chi connectivity index (χ0n) is 9.72. The summed E-state index contributed by atoms with van der Waals surface area (Å²) in [5.41, 5.74) is 0. The van der Waals surface area contributed by atoms with Gasteiger partial charge in [-0.3, -0.25) is 0 Å². The second kappa shape index (κ2) is 9.71. The zero-order valence-corrected chi connectivity index (χ0v) is 11.3. The molecule has 1 heterocycles. The highest BCUT2D eigenvalue weighted by molar-refractivity contribution is 7.99. The number of nitrogens with one attached hydrogen (secondary N) is 2. The third-order valence-corrected chi connectivity index (χ3v) is 3.54. The highest BCUT2D eigenvalue weighted by Gasteiger charge is 1.93. The van der Waals surface area contributed by atoms with E-state index in [-0.39, 0.29) is 5.82 Å². The molecule has 96 valence electrons. The molecule has 1 aromatic rings. The number of benzene rings is 1. The molecule has 0 saturated carbocycles. The predicted molar refractivity (Wildman–Crippen MR) is 73.6 cm³/mol. The molecule has 2 nitrogen and oxygen atoms in total. The standard InChI is InChI=1S/C8H8ClFS.C4H10N2/c9-5-6-11-8-3-1-7(10)2-4-8;1-2-6-4-3-5-1/h1-4H,5-6H2;5-6H,1-4H2. The minimum Gasteiger partial charge on any atom is -0.314 e. The molecule has 5 heteroatoms. The van der Waals surface area contributed by atoms with Crippen molar-refractivity contribution in [3.05, 3.63) is 30.1 Å². The summed E-state index contributed by atoms with van der Waals surface area (Å²) in [6.45, 7) is 4.56. The van der Waals surface area contributed by atoms with Crippen LogP contribution in [-0.4, -0.2) is 37.8 Å². The molecule has 0 spiro atoms. The average molecular weight is 277 g/mol. The van der Waals surface area contributed by atoms with Crippen molar-refractivity contribution in [3.8, 4) is 0 Å². The van der Waals surface area contributed by atoms with E-state index in [2.05, 4.69) is 10.6 Å². The first-order valence-corrected chi connectivity index (χ1v) is 7.20. The third kappa shape index (κ3) is 7.60. The summed E-state index contributed by atoms with van der Waals surface area (Å²) in [7, 11) is 0. The fraction of sp³-hybridized carbons (Fsp3) is 0.500. The van der Waals surface area contributed by atoms with Crippen LogP contribution < -0.4 is 10.6 Å². The number of halogens is 2. The van der Waals surface area contributed by atoms with Crippen molar-refractivity contribution >= 4 is 23.4 Å². The maximum absolute atomic E-state index is 12.4. The highest BCUT2D eigenvalue weighted by atomic mass is 35.5. The molecule has 1 aliphatic heterocycles. The molecule has 0 bridgehead atoms. The number of piperazine rings is 1. The Bertz CT molecular complexity index is 280. The summed E-state index contributed by atoms with van der Waals surface area (Å²) < 4.78 is 12.4. The fourth-order valence-corrected chi connectivity index (χ4v) is 2.16. The van der Waals surface area contributed by atoms with Crippen molar-refractivity contribution in [3.63, 3.8) is 0 Å². The number of hydrogen-bond donors (Lipinski definition) is 2. The minimum absolute atomic E-state index is 0.194. The average Bonchev–Trinajstić information content (AvgIpc) is 2.41. The van der Waals surface area contributed by atoms with Gasteiger partial charge in [-0.25, -0.2) is 4.39 Å². The van der Waals surface area contributed by atoms with Crippen LogP contribution >= 0.6 is 23.4 Å². The van der Waals surface area contributed by atoms with Gasteiger partial charge in [0.05, 0.1) is 0 Å². The van der Waals surface area contributed by atoms with Crippen LogP contribution in [0.2, 0.25) is 0 Å². The molecule has 2 N–H and O–H groups in total. The Morgan fingerprint density at radius 3 is 2.00 bits per heavy atom. The molecule has 17 heavy (non-hydrogen) atoms. The van der Waals surface area contributed by atoms with Gasteiger partial charge >= 0.3 is 0 Å². The molecular formula is C12H18ClFN2S. The van der Waals surface area contributed by atoms with Gasteiger partial charge in [-0.2, -0.15) is 0 Å². The van der Waals surface area contributed by atoms with Crippen LogP contribution in [0.3, 0.4) is 0 Å². The van der Waals surface area contributed by atoms with E-state index in [1.165, 1.54) is 12.1 Å². The zero-order chi connectivity index (χ0) is 12.3. The van der Waals surface area contributed by atoms with Crippen molar-refractivity contribution in [2.24, 2.45) is 0 Å². The van der Waals surface area contributed by atoms with Crippen LogP contribution in [0.5, 0.6) is 0 Å². The Morgan fingerprint density at radius 1 is 1.06 bits per heavy atom. The molecule has 0 aliphatic carbocycles. The molecule has 0 amide bonds. The summed E-state index contributed by atoms with van der Waals surface area (Å²) in [6, 6.07) is 6.42. The Labute approximate surface area is 111 Å². The maximum Gasteiger partial charge on any atom is 0.123 e. The van der Waals surface area contributed by atoms with Gasteiger partial charge in [0.1, 0.15) is 5.82 Å². The predicted octanol–water partition coefficient (Wildman–Crippen LogP) is 2.34. The van der Waals surface area contributed by atoms with Crippen molar-refractivity contribution in [1.29, 1.82) is 0 Å². The number of alkyl halides is 1. The molecule has 1 fully saturated rings. The number of rotatable bonds is 3. The highest BCUT2D eigenvalue weighted by Crippen LogP contribution is 2.17. The topological polar surface area (TPSA) is 24.1 Å². The summed E-state index contributed by atoms with van der Waals surface area (Å²) in [6.07, 6.45) is 0. The second-order valence-corrected chi connectivity index (χ2v) is 5.04. The van der Waals surface area contributed by atoms with Crippen molar-refractivity contribution in [1.82, 2.24) is 10.6 Å². The molecule has 0 unspecified atom stereocenters.